The Labute approximate surface area is 152 Å². The van der Waals surface area contributed by atoms with E-state index in [2.05, 4.69) is 31.5 Å². The summed E-state index contributed by atoms with van der Waals surface area (Å²) in [5.74, 6) is 0.817. The molecular weight excluding hydrogens is 382 g/mol. The molecule has 2 rings (SSSR count). The molecule has 1 saturated heterocycles. The number of amides is 1. The maximum absolute atomic E-state index is 11.8. The molecule has 7 heteroatoms. The van der Waals surface area contributed by atoms with E-state index >= 15 is 0 Å². The van der Waals surface area contributed by atoms with Crippen molar-refractivity contribution < 1.29 is 9.53 Å². The number of ether oxygens (including phenoxy) is 1. The second-order valence-corrected chi connectivity index (χ2v) is 6.33. The maximum Gasteiger partial charge on any atom is 0.223 e. The lowest BCUT2D eigenvalue weighted by atomic mass is 10.2. The number of piperazine rings is 1. The fourth-order valence-electron chi connectivity index (χ4n) is 2.35. The first kappa shape index (κ1) is 20.2. The van der Waals surface area contributed by atoms with Gasteiger partial charge in [0.2, 0.25) is 5.91 Å². The van der Waals surface area contributed by atoms with Crippen LogP contribution in [0.2, 0.25) is 0 Å². The minimum absolute atomic E-state index is 0. The first-order valence-electron chi connectivity index (χ1n) is 7.74. The minimum Gasteiger partial charge on any atom is -0.492 e. The van der Waals surface area contributed by atoms with Crippen molar-refractivity contribution in [1.82, 2.24) is 15.5 Å². The van der Waals surface area contributed by atoms with E-state index in [1.807, 2.05) is 25.1 Å². The van der Waals surface area contributed by atoms with Gasteiger partial charge in [-0.15, -0.1) is 12.4 Å². The van der Waals surface area contributed by atoms with Crippen molar-refractivity contribution in [3.8, 4) is 5.75 Å². The number of nitrogens with zero attached hydrogens (tertiary/aromatic N) is 1. The highest BCUT2D eigenvalue weighted by molar-refractivity contribution is 9.10. The van der Waals surface area contributed by atoms with E-state index < -0.39 is 0 Å². The fourth-order valence-corrected chi connectivity index (χ4v) is 2.96. The Bertz CT molecular complexity index is 496. The summed E-state index contributed by atoms with van der Waals surface area (Å²) in [4.78, 5) is 14.1. The van der Waals surface area contributed by atoms with Crippen LogP contribution in [0.4, 0.5) is 0 Å². The Kier molecular flexibility index (Phi) is 9.55. The van der Waals surface area contributed by atoms with Gasteiger partial charge < -0.3 is 15.4 Å². The Morgan fingerprint density at radius 2 is 2.13 bits per heavy atom. The van der Waals surface area contributed by atoms with Crippen molar-refractivity contribution in [3.63, 3.8) is 0 Å². The van der Waals surface area contributed by atoms with Crippen molar-refractivity contribution in [1.29, 1.82) is 0 Å². The van der Waals surface area contributed by atoms with E-state index in [0.29, 0.717) is 19.6 Å². The molecule has 2 N–H and O–H groups in total. The average molecular weight is 407 g/mol. The summed E-state index contributed by atoms with van der Waals surface area (Å²) in [5.41, 5.74) is 1.17. The lowest BCUT2D eigenvalue weighted by molar-refractivity contribution is -0.121. The molecule has 1 aromatic carbocycles. The molecule has 1 fully saturated rings. The Morgan fingerprint density at radius 1 is 1.39 bits per heavy atom. The summed E-state index contributed by atoms with van der Waals surface area (Å²) in [5, 5.41) is 6.26. The zero-order chi connectivity index (χ0) is 15.8. The van der Waals surface area contributed by atoms with Crippen LogP contribution in [0.15, 0.2) is 22.7 Å². The number of hydrogen-bond donors (Lipinski definition) is 2. The third-order valence-electron chi connectivity index (χ3n) is 3.63. The molecule has 5 nitrogen and oxygen atoms in total. The van der Waals surface area contributed by atoms with Crippen LogP contribution in [0.5, 0.6) is 5.75 Å². The lowest BCUT2D eigenvalue weighted by Gasteiger charge is -2.27. The summed E-state index contributed by atoms with van der Waals surface area (Å²) in [6.07, 6.45) is 0.377. The summed E-state index contributed by atoms with van der Waals surface area (Å²) in [6, 6.07) is 5.91. The first-order valence-corrected chi connectivity index (χ1v) is 8.53. The molecule has 1 aromatic rings. The number of aryl methyl sites for hydroxylation is 1. The number of benzene rings is 1. The Morgan fingerprint density at radius 3 is 2.83 bits per heavy atom. The van der Waals surface area contributed by atoms with Gasteiger partial charge in [0.15, 0.2) is 0 Å². The van der Waals surface area contributed by atoms with E-state index in [1.54, 1.807) is 0 Å². The first-order chi connectivity index (χ1) is 10.6. The molecule has 23 heavy (non-hydrogen) atoms. The van der Waals surface area contributed by atoms with E-state index in [-0.39, 0.29) is 18.3 Å². The van der Waals surface area contributed by atoms with Crippen molar-refractivity contribution in [2.75, 3.05) is 45.9 Å². The van der Waals surface area contributed by atoms with Gasteiger partial charge >= 0.3 is 0 Å². The average Bonchev–Trinajstić information content (AvgIpc) is 2.50. The predicted molar refractivity (Wildman–Crippen MR) is 98.6 cm³/mol. The monoisotopic (exact) mass is 405 g/mol. The van der Waals surface area contributed by atoms with Crippen LogP contribution in [0, 0.1) is 6.92 Å². The van der Waals surface area contributed by atoms with E-state index in [4.69, 9.17) is 4.74 Å². The molecule has 1 amide bonds. The van der Waals surface area contributed by atoms with Crippen LogP contribution in [0.1, 0.15) is 12.0 Å². The summed E-state index contributed by atoms with van der Waals surface area (Å²) >= 11 is 3.46. The minimum atomic E-state index is 0. The number of hydrogen-bond acceptors (Lipinski definition) is 4. The molecule has 0 saturated carbocycles. The molecule has 1 heterocycles. The quantitative estimate of drug-likeness (QED) is 0.727. The van der Waals surface area contributed by atoms with Gasteiger partial charge in [0.05, 0.1) is 17.5 Å². The summed E-state index contributed by atoms with van der Waals surface area (Å²) < 4.78 is 6.56. The van der Waals surface area contributed by atoms with Crippen LogP contribution >= 0.6 is 28.3 Å². The molecule has 0 bridgehead atoms. The van der Waals surface area contributed by atoms with Gasteiger partial charge in [-0.25, -0.2) is 0 Å². The van der Waals surface area contributed by atoms with Gasteiger partial charge in [0.1, 0.15) is 5.75 Å². The SMILES string of the molecule is Cc1ccc(OCCC(=O)NCCN2CCNCC2)c(Br)c1.Cl. The fraction of sp³-hybridized carbons (Fsp3) is 0.562. The molecular formula is C16H25BrClN3O2. The molecule has 0 atom stereocenters. The maximum atomic E-state index is 11.8. The van der Waals surface area contributed by atoms with Gasteiger partial charge in [-0.1, -0.05) is 6.07 Å². The van der Waals surface area contributed by atoms with Crippen LogP contribution in [-0.4, -0.2) is 56.7 Å². The highest BCUT2D eigenvalue weighted by Crippen LogP contribution is 2.25. The van der Waals surface area contributed by atoms with Crippen LogP contribution in [0.3, 0.4) is 0 Å². The predicted octanol–water partition coefficient (Wildman–Crippen LogP) is 1.97. The van der Waals surface area contributed by atoms with Crippen molar-refractivity contribution in [2.45, 2.75) is 13.3 Å². The van der Waals surface area contributed by atoms with Gasteiger partial charge in [0.25, 0.3) is 0 Å². The molecule has 1 aliphatic rings. The largest absolute Gasteiger partial charge is 0.492 e. The second-order valence-electron chi connectivity index (χ2n) is 5.47. The number of carbonyl (C=O) groups excluding carboxylic acids is 1. The van der Waals surface area contributed by atoms with Crippen LogP contribution in [0.25, 0.3) is 0 Å². The molecule has 0 unspecified atom stereocenters. The van der Waals surface area contributed by atoms with Gasteiger partial charge in [0, 0.05) is 39.3 Å². The topological polar surface area (TPSA) is 53.6 Å². The van der Waals surface area contributed by atoms with E-state index in [9.17, 15) is 4.79 Å². The van der Waals surface area contributed by atoms with Crippen LogP contribution < -0.4 is 15.4 Å². The van der Waals surface area contributed by atoms with Crippen molar-refractivity contribution >= 4 is 34.2 Å². The van der Waals surface area contributed by atoms with Crippen molar-refractivity contribution in [2.24, 2.45) is 0 Å². The summed E-state index contributed by atoms with van der Waals surface area (Å²) in [6.45, 7) is 8.22. The van der Waals surface area contributed by atoms with Gasteiger partial charge in [-0.2, -0.15) is 0 Å². The molecule has 130 valence electrons. The molecule has 0 radical (unpaired) electrons. The standard InChI is InChI=1S/C16H24BrN3O2.ClH/c1-13-2-3-15(14(17)12-13)22-11-4-16(21)19-7-10-20-8-5-18-6-9-20;/h2-3,12,18H,4-11H2,1H3,(H,19,21);1H. The van der Waals surface area contributed by atoms with E-state index in [0.717, 1.165) is 42.9 Å². The third-order valence-corrected chi connectivity index (χ3v) is 4.25. The second kappa shape index (κ2) is 10.9. The third kappa shape index (κ3) is 7.52. The van der Waals surface area contributed by atoms with Crippen molar-refractivity contribution in [3.05, 3.63) is 28.2 Å². The Hall–Kier alpha value is -0.820. The highest BCUT2D eigenvalue weighted by atomic mass is 79.9. The Balaban J connectivity index is 0.00000264. The zero-order valence-corrected chi connectivity index (χ0v) is 15.8. The number of halogens is 2. The number of rotatable bonds is 7. The molecule has 0 spiro atoms. The molecule has 1 aliphatic heterocycles. The smallest absolute Gasteiger partial charge is 0.223 e. The number of carbonyl (C=O) groups is 1. The number of nitrogens with one attached hydrogen (secondary N) is 2. The summed E-state index contributed by atoms with van der Waals surface area (Å²) in [7, 11) is 0. The van der Waals surface area contributed by atoms with E-state index in [1.165, 1.54) is 5.56 Å². The lowest BCUT2D eigenvalue weighted by Crippen LogP contribution is -2.46. The van der Waals surface area contributed by atoms with Gasteiger partial charge in [-0.3, -0.25) is 9.69 Å². The normalized spacial score (nSPS) is 14.9. The van der Waals surface area contributed by atoms with Crippen LogP contribution in [-0.2, 0) is 4.79 Å². The molecule has 0 aliphatic carbocycles. The molecule has 0 aromatic heterocycles. The zero-order valence-electron chi connectivity index (χ0n) is 13.4. The van der Waals surface area contributed by atoms with Gasteiger partial charge in [-0.05, 0) is 40.5 Å². The highest BCUT2D eigenvalue weighted by Gasteiger charge is 2.09.